The number of Topliss-reactive ketones (excluding diaryl/α,β-unsaturated/α-hetero) is 2. The fourth-order valence-electron chi connectivity index (χ4n) is 7.60. The van der Waals surface area contributed by atoms with Crippen LogP contribution < -0.4 is 14.2 Å². The third-order valence-corrected chi connectivity index (χ3v) is 10.8. The van der Waals surface area contributed by atoms with Gasteiger partial charge in [0.2, 0.25) is 12.1 Å². The van der Waals surface area contributed by atoms with Gasteiger partial charge < -0.3 is 14.2 Å². The monoisotopic (exact) mass is 833 g/mol. The Balaban J connectivity index is 0.000000271. The minimum Gasteiger partial charge on any atom is -0.497 e. The van der Waals surface area contributed by atoms with E-state index in [9.17, 15) is 49.5 Å². The zero-order chi connectivity index (χ0) is 44.2. The van der Waals surface area contributed by atoms with E-state index in [1.807, 2.05) is 0 Å². The molecule has 0 spiro atoms. The molecule has 2 fully saturated rings. The molecule has 6 unspecified atom stereocenters. The number of hydrogen-bond acceptors (Lipinski definition) is 13. The molecule has 4 aromatic carbocycles. The van der Waals surface area contributed by atoms with Gasteiger partial charge in [-0.3, -0.25) is 49.5 Å². The van der Waals surface area contributed by atoms with E-state index in [2.05, 4.69) is 0 Å². The maximum absolute atomic E-state index is 13.6. The van der Waals surface area contributed by atoms with Crippen LogP contribution in [0.25, 0.3) is 12.2 Å². The van der Waals surface area contributed by atoms with Crippen LogP contribution in [0.5, 0.6) is 17.2 Å². The number of non-ortho nitro benzene ring substituents is 1. The Hall–Kier alpha value is -7.36. The first kappa shape index (κ1) is 44.7. The zero-order valence-corrected chi connectivity index (χ0v) is 33.5. The normalized spacial score (nSPS) is 21.2. The molecule has 0 aromatic heterocycles. The number of carbonyl (C=O) groups is 4. The van der Waals surface area contributed by atoms with Gasteiger partial charge in [0.05, 0.1) is 49.9 Å². The van der Waals surface area contributed by atoms with E-state index in [4.69, 9.17) is 14.2 Å². The van der Waals surface area contributed by atoms with E-state index in [0.717, 1.165) is 5.56 Å². The van der Waals surface area contributed by atoms with Crippen molar-refractivity contribution in [1.29, 1.82) is 0 Å². The van der Waals surface area contributed by atoms with Crippen LogP contribution >= 0.6 is 0 Å². The van der Waals surface area contributed by atoms with Crippen LogP contribution in [-0.4, -0.2) is 71.3 Å². The van der Waals surface area contributed by atoms with E-state index in [1.165, 1.54) is 56.7 Å². The van der Waals surface area contributed by atoms with Gasteiger partial charge in [-0.25, -0.2) is 0 Å². The summed E-state index contributed by atoms with van der Waals surface area (Å²) in [4.78, 5) is 84.4. The van der Waals surface area contributed by atoms with Crippen LogP contribution in [0.4, 0.5) is 5.69 Å². The first-order chi connectivity index (χ1) is 29.2. The van der Waals surface area contributed by atoms with E-state index in [0.29, 0.717) is 28.4 Å². The SMILES string of the molecule is COc1ccc(C=CC(=O)C2C(=O)CC(c3ccc(OC)cc3)C([N+](=O)[O-])C2c2cccc([N+](=O)[O-])c2)cc1.COc1ccc(C=CC(=O)C2CC([N+](=O)[O-])CCC2=O)cc1. The molecule has 4 aromatic rings. The molecule has 2 saturated carbocycles. The van der Waals surface area contributed by atoms with Crippen LogP contribution in [-0.2, 0) is 19.2 Å². The number of nitro groups is 3. The van der Waals surface area contributed by atoms with Gasteiger partial charge in [0.1, 0.15) is 28.8 Å². The van der Waals surface area contributed by atoms with Crippen molar-refractivity contribution in [3.63, 3.8) is 0 Å². The van der Waals surface area contributed by atoms with Gasteiger partial charge in [-0.05, 0) is 70.8 Å². The van der Waals surface area contributed by atoms with Gasteiger partial charge in [-0.2, -0.15) is 0 Å². The summed E-state index contributed by atoms with van der Waals surface area (Å²) in [7, 11) is 4.59. The Morgan fingerprint density at radius 1 is 0.656 bits per heavy atom. The molecule has 2 aliphatic carbocycles. The van der Waals surface area contributed by atoms with Crippen molar-refractivity contribution in [2.24, 2.45) is 11.8 Å². The Kier molecular flexibility index (Phi) is 15.1. The smallest absolute Gasteiger partial charge is 0.269 e. The molecule has 6 atom stereocenters. The molecule has 0 N–H and O–H groups in total. The second-order valence-electron chi connectivity index (χ2n) is 14.4. The number of methoxy groups -OCH3 is 3. The Morgan fingerprint density at radius 3 is 1.67 bits per heavy atom. The fraction of sp³-hybridized carbons (Fsp3) is 0.289. The average molecular weight is 834 g/mol. The number of ether oxygens (including phenoxy) is 3. The molecule has 0 amide bonds. The number of allylic oxidation sites excluding steroid dienone is 2. The van der Waals surface area contributed by atoms with Gasteiger partial charge in [0.15, 0.2) is 11.6 Å². The molecular weight excluding hydrogens is 791 g/mol. The van der Waals surface area contributed by atoms with E-state index < -0.39 is 62.1 Å². The first-order valence-corrected chi connectivity index (χ1v) is 19.2. The Labute approximate surface area is 350 Å². The largest absolute Gasteiger partial charge is 0.497 e. The van der Waals surface area contributed by atoms with Crippen LogP contribution in [0.15, 0.2) is 109 Å². The second kappa shape index (κ2) is 20.6. The van der Waals surface area contributed by atoms with Gasteiger partial charge in [-0.1, -0.05) is 60.7 Å². The number of benzene rings is 4. The highest BCUT2D eigenvalue weighted by Crippen LogP contribution is 2.46. The molecule has 16 nitrogen and oxygen atoms in total. The molecule has 2 aliphatic rings. The van der Waals surface area contributed by atoms with Gasteiger partial charge >= 0.3 is 0 Å². The summed E-state index contributed by atoms with van der Waals surface area (Å²) in [6.07, 6.45) is 5.78. The molecule has 0 radical (unpaired) electrons. The summed E-state index contributed by atoms with van der Waals surface area (Å²) in [6, 6.07) is 23.7. The lowest BCUT2D eigenvalue weighted by Crippen LogP contribution is -2.48. The van der Waals surface area contributed by atoms with Crippen LogP contribution in [0.2, 0.25) is 0 Å². The molecule has 0 aliphatic heterocycles. The highest BCUT2D eigenvalue weighted by atomic mass is 16.6. The van der Waals surface area contributed by atoms with Crippen LogP contribution in [0.1, 0.15) is 59.8 Å². The summed E-state index contributed by atoms with van der Waals surface area (Å²) in [6.45, 7) is 0. The Bertz CT molecular complexity index is 2320. The van der Waals surface area contributed by atoms with E-state index >= 15 is 0 Å². The maximum Gasteiger partial charge on any atom is 0.269 e. The number of hydrogen-bond donors (Lipinski definition) is 0. The lowest BCUT2D eigenvalue weighted by Gasteiger charge is -2.36. The van der Waals surface area contributed by atoms with Gasteiger partial charge in [0.25, 0.3) is 5.69 Å². The van der Waals surface area contributed by atoms with Gasteiger partial charge in [0, 0.05) is 47.7 Å². The van der Waals surface area contributed by atoms with Crippen molar-refractivity contribution in [3.8, 4) is 17.2 Å². The summed E-state index contributed by atoms with van der Waals surface area (Å²) in [5.74, 6) is -4.10. The van der Waals surface area contributed by atoms with Crippen molar-refractivity contribution in [3.05, 3.63) is 162 Å². The molecule has 61 heavy (non-hydrogen) atoms. The highest BCUT2D eigenvalue weighted by molar-refractivity contribution is 6.11. The number of ketones is 4. The standard InChI is InChI=1S/C29H26N2O8.C16H17NO5/c1-38-22-11-6-18(7-12-22)8-15-25(32)28-26(33)17-24(19-9-13-23(39-2)14-10-19)29(31(36)37)27(28)20-4-3-5-21(16-20)30(34)35;1-22-13-6-2-11(3-7-13)4-8-15(18)14-10-12(17(20)21)5-9-16(14)19/h3-16,24,27-29H,17H2,1-2H3;2-4,6-8,12,14H,5,9-10H2,1H3. The van der Waals surface area contributed by atoms with Crippen molar-refractivity contribution in [2.75, 3.05) is 21.3 Å². The zero-order valence-electron chi connectivity index (χ0n) is 33.5. The van der Waals surface area contributed by atoms with E-state index in [1.54, 1.807) is 86.0 Å². The van der Waals surface area contributed by atoms with Crippen LogP contribution in [0.3, 0.4) is 0 Å². The lowest BCUT2D eigenvalue weighted by atomic mass is 9.64. The molecule has 0 bridgehead atoms. The summed E-state index contributed by atoms with van der Waals surface area (Å²) < 4.78 is 15.4. The van der Waals surface area contributed by atoms with Crippen molar-refractivity contribution in [2.45, 2.75) is 49.6 Å². The summed E-state index contributed by atoms with van der Waals surface area (Å²) in [5.41, 5.74) is 1.91. The third-order valence-electron chi connectivity index (χ3n) is 10.8. The van der Waals surface area contributed by atoms with Crippen molar-refractivity contribution < 1.29 is 48.2 Å². The minimum atomic E-state index is -1.39. The molecule has 316 valence electrons. The molecule has 0 heterocycles. The Morgan fingerprint density at radius 2 is 1.18 bits per heavy atom. The minimum absolute atomic E-state index is 0.00236. The molecule has 0 saturated heterocycles. The molecular formula is C45H43N3O13. The van der Waals surface area contributed by atoms with Gasteiger partial charge in [-0.15, -0.1) is 0 Å². The molecule has 16 heteroatoms. The quantitative estimate of drug-likeness (QED) is 0.0527. The van der Waals surface area contributed by atoms with E-state index in [-0.39, 0.29) is 48.5 Å². The van der Waals surface area contributed by atoms with Crippen molar-refractivity contribution >= 4 is 41.0 Å². The number of rotatable bonds is 14. The summed E-state index contributed by atoms with van der Waals surface area (Å²) >= 11 is 0. The summed E-state index contributed by atoms with van der Waals surface area (Å²) in [5, 5.41) is 34.9. The first-order valence-electron chi connectivity index (χ1n) is 19.2. The van der Waals surface area contributed by atoms with Crippen LogP contribution in [0, 0.1) is 42.2 Å². The highest BCUT2D eigenvalue weighted by Gasteiger charge is 2.54. The number of nitrogens with zero attached hydrogens (tertiary/aromatic N) is 3. The predicted octanol–water partition coefficient (Wildman–Crippen LogP) is 7.29. The second-order valence-corrected chi connectivity index (χ2v) is 14.4. The predicted molar refractivity (Wildman–Crippen MR) is 223 cm³/mol. The average Bonchev–Trinajstić information content (AvgIpc) is 3.27. The van der Waals surface area contributed by atoms with Crippen molar-refractivity contribution in [1.82, 2.24) is 0 Å². The lowest BCUT2D eigenvalue weighted by molar-refractivity contribution is -0.533. The number of carbonyl (C=O) groups excluding carboxylic acids is 4. The topological polar surface area (TPSA) is 225 Å². The third kappa shape index (κ3) is 11.2. The fourth-order valence-corrected chi connectivity index (χ4v) is 7.60. The number of nitro benzene ring substituents is 1. The maximum atomic E-state index is 13.6. The molecule has 6 rings (SSSR count).